The molecule has 0 saturated carbocycles. The Bertz CT molecular complexity index is 632. The topological polar surface area (TPSA) is 57.0 Å². The summed E-state index contributed by atoms with van der Waals surface area (Å²) in [4.78, 5) is 23.4. The van der Waals surface area contributed by atoms with Gasteiger partial charge in [-0.05, 0) is 28.1 Å². The number of ether oxygens (including phenoxy) is 2. The lowest BCUT2D eigenvalue weighted by Gasteiger charge is -2.01. The van der Waals surface area contributed by atoms with Gasteiger partial charge in [-0.2, -0.15) is 0 Å². The largest absolute Gasteiger partial charge is 0.465 e. The zero-order valence-corrected chi connectivity index (χ0v) is 11.4. The summed E-state index contributed by atoms with van der Waals surface area (Å²) >= 11 is 3.32. The molecule has 0 aliphatic carbocycles. The normalized spacial score (nSPS) is 10.4. The second kappa shape index (κ2) is 4.81. The van der Waals surface area contributed by atoms with Crippen LogP contribution in [0.5, 0.6) is 0 Å². The number of hydrogen-bond donors (Lipinski definition) is 0. The number of pyridine rings is 1. The number of halogens is 1. The van der Waals surface area contributed by atoms with E-state index in [2.05, 4.69) is 20.7 Å². The number of carbonyl (C=O) groups is 2. The molecule has 2 aromatic rings. The van der Waals surface area contributed by atoms with Gasteiger partial charge in [0.2, 0.25) is 0 Å². The van der Waals surface area contributed by atoms with Crippen LogP contribution in [-0.2, 0) is 9.47 Å². The van der Waals surface area contributed by atoms with E-state index in [9.17, 15) is 9.59 Å². The molecule has 2 aromatic heterocycles. The van der Waals surface area contributed by atoms with Gasteiger partial charge in [-0.15, -0.1) is 0 Å². The molecule has 0 unspecified atom stereocenters. The number of carbonyl (C=O) groups excluding carboxylic acids is 2. The van der Waals surface area contributed by atoms with Gasteiger partial charge in [-0.1, -0.05) is 0 Å². The van der Waals surface area contributed by atoms with Crippen LogP contribution in [0, 0.1) is 0 Å². The van der Waals surface area contributed by atoms with Crippen molar-refractivity contribution in [2.24, 2.45) is 0 Å². The van der Waals surface area contributed by atoms with E-state index in [0.29, 0.717) is 5.52 Å². The van der Waals surface area contributed by atoms with Crippen molar-refractivity contribution in [1.29, 1.82) is 0 Å². The zero-order chi connectivity index (χ0) is 13.3. The summed E-state index contributed by atoms with van der Waals surface area (Å²) in [6, 6.07) is 3.51. The zero-order valence-electron chi connectivity index (χ0n) is 9.77. The summed E-state index contributed by atoms with van der Waals surface area (Å²) in [5.41, 5.74) is 0.977. The first-order chi connectivity index (χ1) is 8.58. The molecule has 2 heterocycles. The van der Waals surface area contributed by atoms with Crippen LogP contribution in [-0.4, -0.2) is 30.6 Å². The summed E-state index contributed by atoms with van der Waals surface area (Å²) in [5.74, 6) is -1.14. The van der Waals surface area contributed by atoms with Crippen LogP contribution in [0.15, 0.2) is 29.0 Å². The maximum atomic E-state index is 11.8. The van der Waals surface area contributed by atoms with Crippen molar-refractivity contribution in [1.82, 2.24) is 4.40 Å². The van der Waals surface area contributed by atoms with E-state index in [0.717, 1.165) is 4.47 Å². The first kappa shape index (κ1) is 12.6. The Morgan fingerprint density at radius 1 is 1.11 bits per heavy atom. The highest BCUT2D eigenvalue weighted by atomic mass is 79.9. The molecular formula is C12H10BrNO4. The molecule has 0 spiro atoms. The molecule has 0 N–H and O–H groups in total. The van der Waals surface area contributed by atoms with Gasteiger partial charge in [0.15, 0.2) is 0 Å². The van der Waals surface area contributed by atoms with Crippen LogP contribution >= 0.6 is 15.9 Å². The number of nitrogens with zero attached hydrogens (tertiary/aromatic N) is 1. The minimum Gasteiger partial charge on any atom is -0.465 e. The minimum atomic E-state index is -0.574. The molecule has 0 atom stereocenters. The van der Waals surface area contributed by atoms with Crippen LogP contribution in [0.2, 0.25) is 0 Å². The SMILES string of the molecule is COC(=O)c1cn2cc(Br)ccc2c1C(=O)OC. The first-order valence-electron chi connectivity index (χ1n) is 5.05. The lowest BCUT2D eigenvalue weighted by Crippen LogP contribution is -2.09. The van der Waals surface area contributed by atoms with Crippen molar-refractivity contribution < 1.29 is 19.1 Å². The standard InChI is InChI=1S/C12H10BrNO4/c1-17-11(15)8-6-14-5-7(13)3-4-9(14)10(8)12(16)18-2/h3-6H,1-2H3. The van der Waals surface area contributed by atoms with E-state index in [1.54, 1.807) is 22.7 Å². The van der Waals surface area contributed by atoms with Gasteiger partial charge in [0.1, 0.15) is 0 Å². The van der Waals surface area contributed by atoms with Gasteiger partial charge in [0, 0.05) is 16.9 Å². The predicted octanol–water partition coefficient (Wildman–Crippen LogP) is 2.28. The molecule has 0 aromatic carbocycles. The Hall–Kier alpha value is -1.82. The summed E-state index contributed by atoms with van der Waals surface area (Å²) < 4.78 is 11.9. The van der Waals surface area contributed by atoms with Crippen molar-refractivity contribution in [3.8, 4) is 0 Å². The number of rotatable bonds is 2. The van der Waals surface area contributed by atoms with Gasteiger partial charge in [0.25, 0.3) is 0 Å². The Morgan fingerprint density at radius 2 is 1.78 bits per heavy atom. The molecule has 0 aliphatic heterocycles. The number of hydrogen-bond acceptors (Lipinski definition) is 4. The Kier molecular flexibility index (Phi) is 3.38. The lowest BCUT2D eigenvalue weighted by atomic mass is 10.1. The predicted molar refractivity (Wildman–Crippen MR) is 67.8 cm³/mol. The fraction of sp³-hybridized carbons (Fsp3) is 0.167. The first-order valence-corrected chi connectivity index (χ1v) is 5.84. The summed E-state index contributed by atoms with van der Waals surface area (Å²) in [5, 5.41) is 0. The van der Waals surface area contributed by atoms with Gasteiger partial charge >= 0.3 is 11.9 Å². The minimum absolute atomic E-state index is 0.183. The molecule has 0 radical (unpaired) electrons. The third-order valence-corrected chi connectivity index (χ3v) is 3.00. The summed E-state index contributed by atoms with van der Waals surface area (Å²) in [6.07, 6.45) is 3.28. The average molecular weight is 312 g/mol. The lowest BCUT2D eigenvalue weighted by molar-refractivity contribution is 0.0558. The number of aromatic nitrogens is 1. The Balaban J connectivity index is 2.76. The molecule has 0 amide bonds. The van der Waals surface area contributed by atoms with Crippen molar-refractivity contribution in [2.75, 3.05) is 14.2 Å². The molecule has 94 valence electrons. The van der Waals surface area contributed by atoms with E-state index >= 15 is 0 Å². The molecule has 0 fully saturated rings. The number of methoxy groups -OCH3 is 2. The monoisotopic (exact) mass is 311 g/mol. The number of fused-ring (bicyclic) bond motifs is 1. The van der Waals surface area contributed by atoms with Crippen molar-refractivity contribution in [3.05, 3.63) is 40.1 Å². The number of esters is 2. The fourth-order valence-electron chi connectivity index (χ4n) is 1.73. The molecule has 18 heavy (non-hydrogen) atoms. The second-order valence-electron chi connectivity index (χ2n) is 3.54. The molecule has 0 aliphatic rings. The molecule has 5 nitrogen and oxygen atoms in total. The second-order valence-corrected chi connectivity index (χ2v) is 4.46. The van der Waals surface area contributed by atoms with Crippen molar-refractivity contribution in [2.45, 2.75) is 0 Å². The molecule has 2 rings (SSSR count). The van der Waals surface area contributed by atoms with Crippen molar-refractivity contribution in [3.63, 3.8) is 0 Å². The molecule has 0 bridgehead atoms. The van der Waals surface area contributed by atoms with Crippen LogP contribution in [0.25, 0.3) is 5.52 Å². The maximum absolute atomic E-state index is 11.8. The Morgan fingerprint density at radius 3 is 2.39 bits per heavy atom. The average Bonchev–Trinajstić information content (AvgIpc) is 2.75. The highest BCUT2D eigenvalue weighted by molar-refractivity contribution is 9.10. The van der Waals surface area contributed by atoms with E-state index in [1.807, 2.05) is 0 Å². The third kappa shape index (κ3) is 1.99. The van der Waals surface area contributed by atoms with Gasteiger partial charge in [-0.3, -0.25) is 0 Å². The molecule has 6 heteroatoms. The van der Waals surface area contributed by atoms with Gasteiger partial charge < -0.3 is 13.9 Å². The van der Waals surface area contributed by atoms with Crippen LogP contribution in [0.1, 0.15) is 20.7 Å². The summed E-state index contributed by atoms with van der Waals surface area (Å²) in [6.45, 7) is 0. The van der Waals surface area contributed by atoms with Crippen LogP contribution in [0.4, 0.5) is 0 Å². The smallest absolute Gasteiger partial charge is 0.340 e. The van der Waals surface area contributed by atoms with E-state index in [4.69, 9.17) is 4.74 Å². The van der Waals surface area contributed by atoms with E-state index < -0.39 is 11.9 Å². The van der Waals surface area contributed by atoms with E-state index in [1.165, 1.54) is 20.4 Å². The van der Waals surface area contributed by atoms with E-state index in [-0.39, 0.29) is 11.1 Å². The highest BCUT2D eigenvalue weighted by Crippen LogP contribution is 2.23. The molecule has 0 saturated heterocycles. The fourth-order valence-corrected chi connectivity index (χ4v) is 2.08. The molecular weight excluding hydrogens is 302 g/mol. The third-order valence-electron chi connectivity index (χ3n) is 2.53. The maximum Gasteiger partial charge on any atom is 0.340 e. The van der Waals surface area contributed by atoms with Crippen molar-refractivity contribution >= 4 is 33.4 Å². The van der Waals surface area contributed by atoms with Gasteiger partial charge in [0.05, 0.1) is 30.9 Å². The Labute approximate surface area is 111 Å². The van der Waals surface area contributed by atoms with Crippen LogP contribution in [0.3, 0.4) is 0 Å². The van der Waals surface area contributed by atoms with Crippen LogP contribution < -0.4 is 0 Å². The summed E-state index contributed by atoms with van der Waals surface area (Å²) in [7, 11) is 2.54. The van der Waals surface area contributed by atoms with Gasteiger partial charge in [-0.25, -0.2) is 9.59 Å². The highest BCUT2D eigenvalue weighted by Gasteiger charge is 2.23. The quantitative estimate of drug-likeness (QED) is 0.798.